The molecule has 0 atom stereocenters. The maximum atomic E-state index is 13.2. The van der Waals surface area contributed by atoms with Gasteiger partial charge in [0.15, 0.2) is 0 Å². The van der Waals surface area contributed by atoms with Gasteiger partial charge in [0.1, 0.15) is 5.82 Å². The maximum absolute atomic E-state index is 13.2. The molecule has 0 bridgehead atoms. The lowest BCUT2D eigenvalue weighted by Crippen LogP contribution is -2.26. The monoisotopic (exact) mass is 283 g/mol. The fourth-order valence-corrected chi connectivity index (χ4v) is 3.22. The van der Waals surface area contributed by atoms with E-state index in [9.17, 15) is 4.39 Å². The molecular formula is C16H23ClFN. The smallest absolute Gasteiger partial charge is 0.125 e. The Bertz CT molecular complexity index is 379. The van der Waals surface area contributed by atoms with Crippen LogP contribution in [0.15, 0.2) is 18.2 Å². The Morgan fingerprint density at radius 2 is 1.84 bits per heavy atom. The van der Waals surface area contributed by atoms with E-state index in [2.05, 4.69) is 12.2 Å². The number of rotatable bonds is 5. The van der Waals surface area contributed by atoms with Gasteiger partial charge in [0, 0.05) is 11.6 Å². The highest BCUT2D eigenvalue weighted by Gasteiger charge is 2.19. The van der Waals surface area contributed by atoms with Gasteiger partial charge >= 0.3 is 0 Å². The highest BCUT2D eigenvalue weighted by molar-refractivity contribution is 6.30. The van der Waals surface area contributed by atoms with Crippen LogP contribution < -0.4 is 5.32 Å². The molecule has 1 aliphatic carbocycles. The Hall–Kier alpha value is -0.600. The summed E-state index contributed by atoms with van der Waals surface area (Å²) < 4.78 is 13.2. The molecule has 3 heteroatoms. The highest BCUT2D eigenvalue weighted by Crippen LogP contribution is 2.30. The molecule has 0 unspecified atom stereocenters. The molecule has 1 aromatic rings. The van der Waals surface area contributed by atoms with Crippen LogP contribution in [0.3, 0.4) is 0 Å². The molecule has 0 amide bonds. The average Bonchev–Trinajstić information content (AvgIpc) is 2.38. The van der Waals surface area contributed by atoms with Gasteiger partial charge in [-0.2, -0.15) is 0 Å². The first-order valence-electron chi connectivity index (χ1n) is 7.33. The van der Waals surface area contributed by atoms with Crippen molar-refractivity contribution in [3.8, 4) is 0 Å². The third-order valence-electron chi connectivity index (χ3n) is 4.23. The zero-order valence-electron chi connectivity index (χ0n) is 11.6. The molecule has 0 spiro atoms. The number of halogens is 2. The lowest BCUT2D eigenvalue weighted by molar-refractivity contribution is 0.262. The molecule has 0 aromatic heterocycles. The molecule has 1 aromatic carbocycles. The van der Waals surface area contributed by atoms with Crippen molar-refractivity contribution in [2.45, 2.75) is 45.6 Å². The minimum absolute atomic E-state index is 0.257. The van der Waals surface area contributed by atoms with Gasteiger partial charge in [-0.3, -0.25) is 0 Å². The van der Waals surface area contributed by atoms with Crippen LogP contribution in [0.2, 0.25) is 5.02 Å². The summed E-state index contributed by atoms with van der Waals surface area (Å²) in [7, 11) is 0. The third kappa shape index (κ3) is 4.77. The Labute approximate surface area is 120 Å². The van der Waals surface area contributed by atoms with Gasteiger partial charge in [-0.1, -0.05) is 37.8 Å². The lowest BCUT2D eigenvalue weighted by Gasteiger charge is -2.27. The van der Waals surface area contributed by atoms with Crippen LogP contribution in [-0.4, -0.2) is 6.54 Å². The van der Waals surface area contributed by atoms with Gasteiger partial charge in [0.25, 0.3) is 0 Å². The summed E-state index contributed by atoms with van der Waals surface area (Å²) in [6.07, 6.45) is 6.72. The summed E-state index contributed by atoms with van der Waals surface area (Å²) in [5.41, 5.74) is 0.923. The molecule has 0 radical (unpaired) electrons. The van der Waals surface area contributed by atoms with E-state index in [1.165, 1.54) is 38.2 Å². The quantitative estimate of drug-likeness (QED) is 0.820. The van der Waals surface area contributed by atoms with Crippen molar-refractivity contribution < 1.29 is 4.39 Å². The Kier molecular flexibility index (Phi) is 5.65. The van der Waals surface area contributed by atoms with Crippen LogP contribution in [-0.2, 0) is 6.54 Å². The average molecular weight is 284 g/mol. The van der Waals surface area contributed by atoms with Crippen LogP contribution >= 0.6 is 11.6 Å². The first-order chi connectivity index (χ1) is 9.17. The minimum atomic E-state index is -0.257. The first-order valence-corrected chi connectivity index (χ1v) is 7.71. The first kappa shape index (κ1) is 14.8. The van der Waals surface area contributed by atoms with E-state index in [0.717, 1.165) is 23.9 Å². The fraction of sp³-hybridized carbons (Fsp3) is 0.625. The number of hydrogen-bond donors (Lipinski definition) is 1. The molecule has 1 nitrogen and oxygen atoms in total. The van der Waals surface area contributed by atoms with E-state index in [0.29, 0.717) is 11.6 Å². The second-order valence-corrected chi connectivity index (χ2v) is 6.14. The Morgan fingerprint density at radius 3 is 2.47 bits per heavy atom. The van der Waals surface area contributed by atoms with Crippen molar-refractivity contribution in [1.82, 2.24) is 5.32 Å². The maximum Gasteiger partial charge on any atom is 0.125 e. The van der Waals surface area contributed by atoms with Crippen molar-refractivity contribution in [2.75, 3.05) is 6.54 Å². The molecule has 19 heavy (non-hydrogen) atoms. The zero-order valence-corrected chi connectivity index (χ0v) is 12.3. The van der Waals surface area contributed by atoms with E-state index < -0.39 is 0 Å². The predicted octanol–water partition coefficient (Wildman–Crippen LogP) is 4.79. The van der Waals surface area contributed by atoms with Crippen molar-refractivity contribution in [2.24, 2.45) is 11.8 Å². The van der Waals surface area contributed by atoms with E-state index in [1.807, 2.05) is 6.07 Å². The van der Waals surface area contributed by atoms with Crippen molar-refractivity contribution in [3.05, 3.63) is 34.6 Å². The van der Waals surface area contributed by atoms with E-state index in [1.54, 1.807) is 6.07 Å². The highest BCUT2D eigenvalue weighted by atomic mass is 35.5. The molecule has 1 fully saturated rings. The summed E-state index contributed by atoms with van der Waals surface area (Å²) in [6, 6.07) is 4.72. The van der Waals surface area contributed by atoms with Crippen LogP contribution in [0.25, 0.3) is 0 Å². The zero-order chi connectivity index (χ0) is 13.7. The summed E-state index contributed by atoms with van der Waals surface area (Å²) in [5.74, 6) is 1.47. The molecule has 1 aliphatic rings. The summed E-state index contributed by atoms with van der Waals surface area (Å²) in [5, 5.41) is 3.91. The normalized spacial score (nSPS) is 23.5. The Morgan fingerprint density at radius 1 is 1.16 bits per heavy atom. The second-order valence-electron chi connectivity index (χ2n) is 5.70. The molecule has 1 saturated carbocycles. The third-order valence-corrected chi connectivity index (χ3v) is 4.45. The fourth-order valence-electron chi connectivity index (χ4n) is 2.98. The number of benzene rings is 1. The largest absolute Gasteiger partial charge is 0.312 e. The van der Waals surface area contributed by atoms with Crippen molar-refractivity contribution in [3.63, 3.8) is 0 Å². The van der Waals surface area contributed by atoms with Crippen molar-refractivity contribution >= 4 is 11.6 Å². The predicted molar refractivity (Wildman–Crippen MR) is 78.9 cm³/mol. The topological polar surface area (TPSA) is 12.0 Å². The lowest BCUT2D eigenvalue weighted by atomic mass is 9.81. The SMILES string of the molecule is CCC1CCC(CNCc2cc(F)cc(Cl)c2)CC1. The van der Waals surface area contributed by atoms with Crippen LogP contribution in [0, 0.1) is 17.7 Å². The summed E-state index contributed by atoms with van der Waals surface area (Å²) in [6.45, 7) is 4.02. The number of nitrogens with one attached hydrogen (secondary N) is 1. The molecule has 0 aliphatic heterocycles. The van der Waals surface area contributed by atoms with Crippen LogP contribution in [0.1, 0.15) is 44.6 Å². The minimum Gasteiger partial charge on any atom is -0.312 e. The number of hydrogen-bond acceptors (Lipinski definition) is 1. The van der Waals surface area contributed by atoms with Crippen LogP contribution in [0.5, 0.6) is 0 Å². The molecule has 1 N–H and O–H groups in total. The van der Waals surface area contributed by atoms with Gasteiger partial charge in [-0.05, 0) is 55.0 Å². The molecular weight excluding hydrogens is 261 g/mol. The summed E-state index contributed by atoms with van der Waals surface area (Å²) in [4.78, 5) is 0. The van der Waals surface area contributed by atoms with E-state index in [-0.39, 0.29) is 5.82 Å². The molecule has 2 rings (SSSR count). The van der Waals surface area contributed by atoms with E-state index in [4.69, 9.17) is 11.6 Å². The molecule has 0 saturated heterocycles. The van der Waals surface area contributed by atoms with Crippen LogP contribution in [0.4, 0.5) is 4.39 Å². The van der Waals surface area contributed by atoms with Gasteiger partial charge < -0.3 is 5.32 Å². The molecule has 106 valence electrons. The second kappa shape index (κ2) is 7.25. The molecule has 0 heterocycles. The Balaban J connectivity index is 1.72. The summed E-state index contributed by atoms with van der Waals surface area (Å²) >= 11 is 5.84. The van der Waals surface area contributed by atoms with E-state index >= 15 is 0 Å². The van der Waals surface area contributed by atoms with Gasteiger partial charge in [0.2, 0.25) is 0 Å². The van der Waals surface area contributed by atoms with Gasteiger partial charge in [-0.15, -0.1) is 0 Å². The van der Waals surface area contributed by atoms with Gasteiger partial charge in [-0.25, -0.2) is 4.39 Å². The van der Waals surface area contributed by atoms with Gasteiger partial charge in [0.05, 0.1) is 0 Å². The standard InChI is InChI=1S/C16H23ClFN/c1-2-12-3-5-13(6-4-12)10-19-11-14-7-15(17)9-16(18)8-14/h7-9,12-13,19H,2-6,10-11H2,1H3. The van der Waals surface area contributed by atoms with Crippen molar-refractivity contribution in [1.29, 1.82) is 0 Å².